The molecule has 0 radical (unpaired) electrons. The Kier molecular flexibility index (Phi) is 6.40. The number of rotatable bonds is 3. The van der Waals surface area contributed by atoms with Crippen molar-refractivity contribution in [3.8, 4) is 0 Å². The standard InChI is InChI=1S/C25H30N2O6/c1-24(2,3)33-23(30)27-15-25(4,5)18-12-11-16(14-19(18)27)26-13-9-8-10-17(21(28)31-6)20(26)22(29)32-7/h8-14H,15H2,1-7H3. The van der Waals surface area contributed by atoms with Gasteiger partial charge in [-0.3, -0.25) is 4.90 Å². The molecule has 1 aromatic rings. The molecule has 0 saturated carbocycles. The van der Waals surface area contributed by atoms with Gasteiger partial charge in [0.25, 0.3) is 0 Å². The predicted molar refractivity (Wildman–Crippen MR) is 125 cm³/mol. The average Bonchev–Trinajstić information content (AvgIpc) is 2.89. The quantitative estimate of drug-likeness (QED) is 0.500. The maximum absolute atomic E-state index is 13.0. The predicted octanol–water partition coefficient (Wildman–Crippen LogP) is 4.21. The molecular weight excluding hydrogens is 424 g/mol. The van der Waals surface area contributed by atoms with Gasteiger partial charge in [-0.25, -0.2) is 14.4 Å². The van der Waals surface area contributed by atoms with Crippen LogP contribution in [0.4, 0.5) is 16.2 Å². The Bertz CT molecular complexity index is 1070. The highest BCUT2D eigenvalue weighted by Crippen LogP contribution is 2.43. The van der Waals surface area contributed by atoms with Crippen molar-refractivity contribution in [2.24, 2.45) is 0 Å². The number of hydrogen-bond donors (Lipinski definition) is 0. The molecule has 33 heavy (non-hydrogen) atoms. The average molecular weight is 455 g/mol. The number of allylic oxidation sites excluding steroid dienone is 2. The van der Waals surface area contributed by atoms with Crippen LogP contribution in [-0.2, 0) is 29.2 Å². The van der Waals surface area contributed by atoms with Gasteiger partial charge in [-0.2, -0.15) is 0 Å². The summed E-state index contributed by atoms with van der Waals surface area (Å²) in [5.41, 5.74) is 1.36. The number of amides is 1. The topological polar surface area (TPSA) is 85.4 Å². The molecule has 0 bridgehead atoms. The molecule has 0 fully saturated rings. The van der Waals surface area contributed by atoms with E-state index in [4.69, 9.17) is 14.2 Å². The molecule has 1 aromatic carbocycles. The second kappa shape index (κ2) is 8.77. The lowest BCUT2D eigenvalue weighted by molar-refractivity contribution is -0.139. The number of carbonyl (C=O) groups is 3. The number of benzene rings is 1. The molecule has 1 amide bonds. The minimum absolute atomic E-state index is 0.00961. The highest BCUT2D eigenvalue weighted by Gasteiger charge is 2.40. The van der Waals surface area contributed by atoms with Gasteiger partial charge in [0.1, 0.15) is 11.3 Å². The van der Waals surface area contributed by atoms with E-state index in [-0.39, 0.29) is 16.7 Å². The van der Waals surface area contributed by atoms with E-state index in [1.807, 2.05) is 39.0 Å². The Morgan fingerprint density at radius 3 is 2.27 bits per heavy atom. The van der Waals surface area contributed by atoms with E-state index >= 15 is 0 Å². The van der Waals surface area contributed by atoms with Crippen LogP contribution in [0.2, 0.25) is 0 Å². The number of ether oxygens (including phenoxy) is 3. The third kappa shape index (κ3) is 4.79. The van der Waals surface area contributed by atoms with Gasteiger partial charge >= 0.3 is 18.0 Å². The van der Waals surface area contributed by atoms with E-state index in [1.54, 1.807) is 28.2 Å². The number of nitrogens with zero attached hydrogens (tertiary/aromatic N) is 2. The van der Waals surface area contributed by atoms with Gasteiger partial charge in [0.05, 0.1) is 25.5 Å². The van der Waals surface area contributed by atoms with E-state index in [1.165, 1.54) is 20.3 Å². The molecule has 0 atom stereocenters. The Hall–Kier alpha value is -3.55. The molecular formula is C25H30N2O6. The summed E-state index contributed by atoms with van der Waals surface area (Å²) in [6.45, 7) is 10.0. The first-order chi connectivity index (χ1) is 15.4. The van der Waals surface area contributed by atoms with E-state index in [2.05, 4.69) is 13.8 Å². The van der Waals surface area contributed by atoms with Crippen LogP contribution >= 0.6 is 0 Å². The number of carbonyl (C=O) groups excluding carboxylic acids is 3. The van der Waals surface area contributed by atoms with Gasteiger partial charge in [-0.15, -0.1) is 0 Å². The van der Waals surface area contributed by atoms with Crippen LogP contribution in [0, 0.1) is 0 Å². The van der Waals surface area contributed by atoms with Gasteiger partial charge in [-0.1, -0.05) is 26.0 Å². The highest BCUT2D eigenvalue weighted by molar-refractivity contribution is 6.05. The maximum Gasteiger partial charge on any atom is 0.414 e. The minimum Gasteiger partial charge on any atom is -0.465 e. The van der Waals surface area contributed by atoms with Crippen molar-refractivity contribution in [3.63, 3.8) is 0 Å². The Morgan fingerprint density at radius 2 is 1.67 bits per heavy atom. The van der Waals surface area contributed by atoms with Gasteiger partial charge < -0.3 is 19.1 Å². The summed E-state index contributed by atoms with van der Waals surface area (Å²) in [5.74, 6) is -1.37. The fraction of sp³-hybridized carbons (Fsp3) is 0.400. The summed E-state index contributed by atoms with van der Waals surface area (Å²) in [7, 11) is 2.49. The first kappa shape index (κ1) is 24.1. The molecule has 0 aromatic heterocycles. The van der Waals surface area contributed by atoms with Crippen LogP contribution in [0.15, 0.2) is 53.9 Å². The Morgan fingerprint density at radius 1 is 1.00 bits per heavy atom. The van der Waals surface area contributed by atoms with E-state index in [0.29, 0.717) is 17.9 Å². The largest absolute Gasteiger partial charge is 0.465 e. The van der Waals surface area contributed by atoms with Crippen molar-refractivity contribution in [3.05, 3.63) is 59.5 Å². The summed E-state index contributed by atoms with van der Waals surface area (Å²) in [4.78, 5) is 41.3. The van der Waals surface area contributed by atoms with E-state index < -0.39 is 23.6 Å². The zero-order valence-corrected chi connectivity index (χ0v) is 20.1. The molecule has 0 spiro atoms. The first-order valence-corrected chi connectivity index (χ1v) is 10.6. The van der Waals surface area contributed by atoms with Crippen molar-refractivity contribution in [2.45, 2.75) is 45.6 Å². The van der Waals surface area contributed by atoms with Gasteiger partial charge in [0, 0.05) is 23.8 Å². The molecule has 0 saturated heterocycles. The summed E-state index contributed by atoms with van der Waals surface area (Å²) in [5, 5.41) is 0. The molecule has 3 rings (SSSR count). The smallest absolute Gasteiger partial charge is 0.414 e. The van der Waals surface area contributed by atoms with Crippen LogP contribution in [0.1, 0.15) is 40.2 Å². The summed E-state index contributed by atoms with van der Waals surface area (Å²) < 4.78 is 15.5. The molecule has 2 aliphatic rings. The van der Waals surface area contributed by atoms with Gasteiger partial charge in [0.2, 0.25) is 0 Å². The lowest BCUT2D eigenvalue weighted by Crippen LogP contribution is -2.38. The molecule has 0 aliphatic carbocycles. The second-order valence-electron chi connectivity index (χ2n) is 9.47. The number of hydrogen-bond acceptors (Lipinski definition) is 7. The molecule has 2 aliphatic heterocycles. The van der Waals surface area contributed by atoms with Gasteiger partial charge in [-0.05, 0) is 50.6 Å². The second-order valence-corrected chi connectivity index (χ2v) is 9.47. The fourth-order valence-electron chi connectivity index (χ4n) is 3.88. The van der Waals surface area contributed by atoms with Crippen LogP contribution in [0.3, 0.4) is 0 Å². The number of anilines is 2. The van der Waals surface area contributed by atoms with E-state index in [9.17, 15) is 14.4 Å². The summed E-state index contributed by atoms with van der Waals surface area (Å²) >= 11 is 0. The molecule has 0 N–H and O–H groups in total. The number of methoxy groups -OCH3 is 2. The minimum atomic E-state index is -0.698. The lowest BCUT2D eigenvalue weighted by Gasteiger charge is -2.27. The van der Waals surface area contributed by atoms with Crippen LogP contribution in [-0.4, -0.2) is 44.4 Å². The van der Waals surface area contributed by atoms with E-state index in [0.717, 1.165) is 5.56 Å². The van der Waals surface area contributed by atoms with Crippen LogP contribution < -0.4 is 9.80 Å². The van der Waals surface area contributed by atoms with Crippen molar-refractivity contribution in [1.82, 2.24) is 0 Å². The lowest BCUT2D eigenvalue weighted by atomic mass is 9.87. The fourth-order valence-corrected chi connectivity index (χ4v) is 3.88. The Labute approximate surface area is 194 Å². The summed E-state index contributed by atoms with van der Waals surface area (Å²) in [6, 6.07) is 5.57. The first-order valence-electron chi connectivity index (χ1n) is 10.6. The van der Waals surface area contributed by atoms with Crippen molar-refractivity contribution in [1.29, 1.82) is 0 Å². The van der Waals surface area contributed by atoms with Crippen molar-refractivity contribution in [2.75, 3.05) is 30.6 Å². The van der Waals surface area contributed by atoms with Crippen LogP contribution in [0.25, 0.3) is 0 Å². The zero-order chi connectivity index (χ0) is 24.6. The van der Waals surface area contributed by atoms with Crippen molar-refractivity contribution < 1.29 is 28.6 Å². The molecule has 8 heteroatoms. The van der Waals surface area contributed by atoms with Crippen LogP contribution in [0.5, 0.6) is 0 Å². The van der Waals surface area contributed by atoms with Gasteiger partial charge in [0.15, 0.2) is 0 Å². The summed E-state index contributed by atoms with van der Waals surface area (Å²) in [6.07, 6.45) is 6.04. The molecule has 0 unspecified atom stereocenters. The zero-order valence-electron chi connectivity index (χ0n) is 20.1. The SMILES string of the molecule is COC(=O)C1=C(C(=O)OC)N(c2ccc3c(c2)N(C(=O)OC(C)(C)C)CC3(C)C)C=CC=C1. The Balaban J connectivity index is 2.14. The monoisotopic (exact) mass is 454 g/mol. The normalized spacial score (nSPS) is 16.9. The highest BCUT2D eigenvalue weighted by atomic mass is 16.6. The van der Waals surface area contributed by atoms with Crippen molar-refractivity contribution >= 4 is 29.4 Å². The third-order valence-electron chi connectivity index (χ3n) is 5.34. The maximum atomic E-state index is 13.0. The molecule has 8 nitrogen and oxygen atoms in total. The third-order valence-corrected chi connectivity index (χ3v) is 5.34. The molecule has 2 heterocycles. The number of esters is 2. The molecule has 176 valence electrons. The number of fused-ring (bicyclic) bond motifs is 1.